The highest BCUT2D eigenvalue weighted by Crippen LogP contribution is 2.33. The molecule has 170 valence electrons. The average molecular weight is 471 g/mol. The van der Waals surface area contributed by atoms with Gasteiger partial charge in [-0.05, 0) is 42.1 Å². The Bertz CT molecular complexity index is 1210. The molecular weight excluding hydrogens is 453 g/mol. The molecule has 2 aliphatic rings. The fourth-order valence-corrected chi connectivity index (χ4v) is 4.26. The molecule has 0 spiro atoms. The van der Waals surface area contributed by atoms with E-state index < -0.39 is 21.9 Å². The van der Waals surface area contributed by atoms with Gasteiger partial charge in [-0.3, -0.25) is 29.8 Å². The standard InChI is InChI=1S/C21H18FN5O5S/c1-12(28)25-6-8-26(9-7-25)18-5-4-16(27(31)32)19(23-18)13-2-3-15(22)14(10-13)11-17-20(29)24-21(30)33-17/h2-5,10-11H,6-9H2,1H3,(H,24,29,30). The number of thioether (sulfide) groups is 1. The zero-order valence-electron chi connectivity index (χ0n) is 17.4. The first-order valence-corrected chi connectivity index (χ1v) is 10.8. The third kappa shape index (κ3) is 4.70. The lowest BCUT2D eigenvalue weighted by atomic mass is 10.0. The summed E-state index contributed by atoms with van der Waals surface area (Å²) in [4.78, 5) is 54.0. The summed E-state index contributed by atoms with van der Waals surface area (Å²) in [7, 11) is 0. The van der Waals surface area contributed by atoms with Gasteiger partial charge in [-0.25, -0.2) is 9.37 Å². The molecule has 0 bridgehead atoms. The molecule has 1 N–H and O–H groups in total. The number of halogens is 1. The second-order valence-corrected chi connectivity index (χ2v) is 8.39. The molecule has 0 atom stereocenters. The summed E-state index contributed by atoms with van der Waals surface area (Å²) in [5.41, 5.74) is 0.0746. The second-order valence-electron chi connectivity index (χ2n) is 7.38. The predicted molar refractivity (Wildman–Crippen MR) is 120 cm³/mol. The van der Waals surface area contributed by atoms with E-state index in [9.17, 15) is 28.9 Å². The molecule has 12 heteroatoms. The van der Waals surface area contributed by atoms with E-state index in [1.54, 1.807) is 11.0 Å². The zero-order chi connectivity index (χ0) is 23.7. The van der Waals surface area contributed by atoms with Crippen LogP contribution in [0.25, 0.3) is 17.3 Å². The Balaban J connectivity index is 1.71. The van der Waals surface area contributed by atoms with Crippen LogP contribution >= 0.6 is 11.8 Å². The number of carbonyl (C=O) groups is 3. The van der Waals surface area contributed by atoms with Crippen molar-refractivity contribution >= 4 is 46.4 Å². The summed E-state index contributed by atoms with van der Waals surface area (Å²) in [6, 6.07) is 6.74. The molecule has 2 aromatic rings. The van der Waals surface area contributed by atoms with E-state index in [2.05, 4.69) is 10.3 Å². The summed E-state index contributed by atoms with van der Waals surface area (Å²) in [5.74, 6) is -0.807. The van der Waals surface area contributed by atoms with Crippen LogP contribution < -0.4 is 10.2 Å². The lowest BCUT2D eigenvalue weighted by Gasteiger charge is -2.35. The minimum atomic E-state index is -0.654. The number of imide groups is 1. The summed E-state index contributed by atoms with van der Waals surface area (Å²) >= 11 is 0.647. The molecule has 2 saturated heterocycles. The summed E-state index contributed by atoms with van der Waals surface area (Å²) in [5, 5.41) is 13.2. The van der Waals surface area contributed by atoms with Gasteiger partial charge in [0.05, 0.1) is 9.83 Å². The molecule has 3 heterocycles. The van der Waals surface area contributed by atoms with Crippen LogP contribution in [0.5, 0.6) is 0 Å². The molecule has 0 aliphatic carbocycles. The van der Waals surface area contributed by atoms with Gasteiger partial charge in [0.15, 0.2) is 5.69 Å². The van der Waals surface area contributed by atoms with Crippen LogP contribution in [0.2, 0.25) is 0 Å². The number of nitrogens with one attached hydrogen (secondary N) is 1. The number of rotatable bonds is 4. The molecular formula is C21H18FN5O5S. The lowest BCUT2D eigenvalue weighted by Crippen LogP contribution is -2.48. The summed E-state index contributed by atoms with van der Waals surface area (Å²) in [6.45, 7) is 3.56. The van der Waals surface area contributed by atoms with Crippen molar-refractivity contribution in [3.8, 4) is 11.3 Å². The second kappa shape index (κ2) is 8.98. The minimum Gasteiger partial charge on any atom is -0.353 e. The number of nitro groups is 1. The van der Waals surface area contributed by atoms with Gasteiger partial charge in [0.2, 0.25) is 5.91 Å². The van der Waals surface area contributed by atoms with E-state index in [0.717, 1.165) is 6.07 Å². The Kier molecular flexibility index (Phi) is 6.09. The van der Waals surface area contributed by atoms with E-state index in [0.29, 0.717) is 43.8 Å². The molecule has 4 rings (SSSR count). The van der Waals surface area contributed by atoms with Crippen molar-refractivity contribution in [3.05, 3.63) is 56.7 Å². The van der Waals surface area contributed by atoms with Crippen molar-refractivity contribution < 1.29 is 23.7 Å². The highest BCUT2D eigenvalue weighted by atomic mass is 32.2. The smallest absolute Gasteiger partial charge is 0.295 e. The number of carbonyl (C=O) groups excluding carboxylic acids is 3. The summed E-state index contributed by atoms with van der Waals surface area (Å²) in [6.07, 6.45) is 1.22. The quantitative estimate of drug-likeness (QED) is 0.410. The topological polar surface area (TPSA) is 126 Å². The van der Waals surface area contributed by atoms with Crippen LogP contribution in [0.3, 0.4) is 0 Å². The highest BCUT2D eigenvalue weighted by molar-refractivity contribution is 8.18. The minimum absolute atomic E-state index is 0.00331. The predicted octanol–water partition coefficient (Wildman–Crippen LogP) is 2.79. The third-order valence-electron chi connectivity index (χ3n) is 5.30. The van der Waals surface area contributed by atoms with Crippen molar-refractivity contribution in [2.45, 2.75) is 6.92 Å². The maximum absolute atomic E-state index is 14.4. The van der Waals surface area contributed by atoms with Crippen LogP contribution in [0.4, 0.5) is 20.7 Å². The van der Waals surface area contributed by atoms with E-state index in [1.807, 2.05) is 4.90 Å². The molecule has 10 nitrogen and oxygen atoms in total. The maximum Gasteiger partial charge on any atom is 0.295 e. The Morgan fingerprint density at radius 3 is 2.55 bits per heavy atom. The van der Waals surface area contributed by atoms with Crippen molar-refractivity contribution in [3.63, 3.8) is 0 Å². The monoisotopic (exact) mass is 471 g/mol. The zero-order valence-corrected chi connectivity index (χ0v) is 18.2. The van der Waals surface area contributed by atoms with Crippen LogP contribution in [0.15, 0.2) is 35.2 Å². The largest absolute Gasteiger partial charge is 0.353 e. The van der Waals surface area contributed by atoms with E-state index in [-0.39, 0.29) is 33.3 Å². The van der Waals surface area contributed by atoms with Crippen molar-refractivity contribution in [2.75, 3.05) is 31.1 Å². The lowest BCUT2D eigenvalue weighted by molar-refractivity contribution is -0.384. The summed E-state index contributed by atoms with van der Waals surface area (Å²) < 4.78 is 14.4. The molecule has 0 saturated carbocycles. The average Bonchev–Trinajstić information content (AvgIpc) is 3.11. The van der Waals surface area contributed by atoms with Gasteiger partial charge in [0.25, 0.3) is 16.8 Å². The highest BCUT2D eigenvalue weighted by Gasteiger charge is 2.26. The Morgan fingerprint density at radius 2 is 1.94 bits per heavy atom. The number of piperazine rings is 1. The Hall–Kier alpha value is -3.80. The van der Waals surface area contributed by atoms with Gasteiger partial charge in [0.1, 0.15) is 11.6 Å². The van der Waals surface area contributed by atoms with Gasteiger partial charge in [-0.1, -0.05) is 0 Å². The molecule has 0 unspecified atom stereocenters. The first kappa shape index (κ1) is 22.4. The number of hydrogen-bond acceptors (Lipinski definition) is 8. The molecule has 1 aromatic heterocycles. The van der Waals surface area contributed by atoms with Gasteiger partial charge in [0, 0.05) is 50.3 Å². The van der Waals surface area contributed by atoms with Crippen LogP contribution in [-0.4, -0.2) is 58.0 Å². The molecule has 2 aliphatic heterocycles. The van der Waals surface area contributed by atoms with Crippen LogP contribution in [-0.2, 0) is 9.59 Å². The van der Waals surface area contributed by atoms with Gasteiger partial charge < -0.3 is 9.80 Å². The molecule has 33 heavy (non-hydrogen) atoms. The van der Waals surface area contributed by atoms with Crippen molar-refractivity contribution in [1.82, 2.24) is 15.2 Å². The molecule has 0 radical (unpaired) electrons. The fourth-order valence-electron chi connectivity index (χ4n) is 3.59. The number of amides is 3. The number of hydrogen-bond donors (Lipinski definition) is 1. The van der Waals surface area contributed by atoms with Crippen molar-refractivity contribution in [1.29, 1.82) is 0 Å². The van der Waals surface area contributed by atoms with E-state index in [1.165, 1.54) is 31.2 Å². The number of benzene rings is 1. The Labute approximate surface area is 191 Å². The van der Waals surface area contributed by atoms with Crippen molar-refractivity contribution in [2.24, 2.45) is 0 Å². The van der Waals surface area contributed by atoms with E-state index in [4.69, 9.17) is 0 Å². The first-order valence-electron chi connectivity index (χ1n) is 9.93. The first-order chi connectivity index (χ1) is 15.7. The fraction of sp³-hybridized carbons (Fsp3) is 0.238. The molecule has 2 fully saturated rings. The maximum atomic E-state index is 14.4. The molecule has 1 aromatic carbocycles. The number of pyridine rings is 1. The number of anilines is 1. The van der Waals surface area contributed by atoms with Crippen LogP contribution in [0, 0.1) is 15.9 Å². The van der Waals surface area contributed by atoms with E-state index >= 15 is 0 Å². The molecule has 3 amide bonds. The number of aromatic nitrogens is 1. The van der Waals surface area contributed by atoms with Gasteiger partial charge in [-0.15, -0.1) is 0 Å². The SMILES string of the molecule is CC(=O)N1CCN(c2ccc([N+](=O)[O-])c(-c3ccc(F)c(C=C4SC(=O)NC4=O)c3)n2)CC1. The number of nitrogens with zero attached hydrogens (tertiary/aromatic N) is 4. The van der Waals surface area contributed by atoms with Crippen LogP contribution in [0.1, 0.15) is 12.5 Å². The third-order valence-corrected chi connectivity index (χ3v) is 6.11. The Morgan fingerprint density at radius 1 is 1.21 bits per heavy atom. The van der Waals surface area contributed by atoms with Gasteiger partial charge >= 0.3 is 0 Å². The normalized spacial score (nSPS) is 17.5. The van der Waals surface area contributed by atoms with Gasteiger partial charge in [-0.2, -0.15) is 0 Å².